The molecule has 0 unspecified atom stereocenters. The second kappa shape index (κ2) is 3.70. The molecule has 0 saturated heterocycles. The molecule has 0 amide bonds. The van der Waals surface area contributed by atoms with Gasteiger partial charge in [0.15, 0.2) is 0 Å². The van der Waals surface area contributed by atoms with Crippen LogP contribution in [-0.2, 0) is 4.79 Å². The number of halogens is 1. The quantitative estimate of drug-likeness (QED) is 0.852. The average Bonchev–Trinajstić information content (AvgIpc) is 2.17. The fourth-order valence-electron chi connectivity index (χ4n) is 1.62. The summed E-state index contributed by atoms with van der Waals surface area (Å²) in [6.45, 7) is 1.93. The van der Waals surface area contributed by atoms with Crippen LogP contribution >= 0.6 is 15.9 Å². The fourth-order valence-corrected chi connectivity index (χ4v) is 2.27. The second-order valence-electron chi connectivity index (χ2n) is 3.31. The van der Waals surface area contributed by atoms with E-state index in [4.69, 9.17) is 9.84 Å². The van der Waals surface area contributed by atoms with Gasteiger partial charge in [-0.1, -0.05) is 22.0 Å². The van der Waals surface area contributed by atoms with Crippen molar-refractivity contribution in [1.29, 1.82) is 0 Å². The lowest BCUT2D eigenvalue weighted by Gasteiger charge is -2.20. The van der Waals surface area contributed by atoms with Gasteiger partial charge in [-0.15, -0.1) is 0 Å². The summed E-state index contributed by atoms with van der Waals surface area (Å²) in [4.78, 5) is 10.9. The first-order valence-electron chi connectivity index (χ1n) is 4.46. The molecule has 0 spiro atoms. The molecule has 1 aliphatic rings. The Kier molecular flexibility index (Phi) is 2.52. The normalized spacial score (nSPS) is 14.5. The third kappa shape index (κ3) is 1.65. The summed E-state index contributed by atoms with van der Waals surface area (Å²) >= 11 is 3.39. The third-order valence-corrected chi connectivity index (χ3v) is 3.09. The van der Waals surface area contributed by atoms with E-state index >= 15 is 0 Å². The summed E-state index contributed by atoms with van der Waals surface area (Å²) in [6.07, 6.45) is 0. The highest BCUT2D eigenvalue weighted by Gasteiger charge is 2.23. The molecule has 78 valence electrons. The topological polar surface area (TPSA) is 46.5 Å². The Balaban J connectivity index is 2.65. The monoisotopic (exact) mass is 268 g/mol. The van der Waals surface area contributed by atoms with E-state index in [0.29, 0.717) is 5.57 Å². The Morgan fingerprint density at radius 2 is 2.27 bits per heavy atom. The zero-order valence-corrected chi connectivity index (χ0v) is 9.67. The van der Waals surface area contributed by atoms with Gasteiger partial charge in [-0.25, -0.2) is 4.79 Å². The summed E-state index contributed by atoms with van der Waals surface area (Å²) in [5.74, 6) is -0.194. The minimum Gasteiger partial charge on any atom is -0.488 e. The minimum atomic E-state index is -0.922. The first-order valence-corrected chi connectivity index (χ1v) is 5.25. The molecule has 1 aliphatic heterocycles. The lowest BCUT2D eigenvalue weighted by atomic mass is 9.99. The molecule has 1 aromatic carbocycles. The van der Waals surface area contributed by atoms with Gasteiger partial charge in [-0.2, -0.15) is 0 Å². The molecule has 0 aromatic heterocycles. The summed E-state index contributed by atoms with van der Waals surface area (Å²) in [7, 11) is 0. The Morgan fingerprint density at radius 1 is 1.53 bits per heavy atom. The van der Waals surface area contributed by atoms with E-state index in [-0.39, 0.29) is 6.61 Å². The van der Waals surface area contributed by atoms with Crippen LogP contribution in [0.5, 0.6) is 5.75 Å². The lowest BCUT2D eigenvalue weighted by Crippen LogP contribution is -2.17. The number of carboxylic acid groups (broad SMARTS) is 1. The molecular formula is C11H9BrO3. The number of allylic oxidation sites excluding steroid dienone is 1. The maximum absolute atomic E-state index is 10.9. The van der Waals surface area contributed by atoms with E-state index in [0.717, 1.165) is 21.4 Å². The van der Waals surface area contributed by atoms with Crippen molar-refractivity contribution in [3.63, 3.8) is 0 Å². The van der Waals surface area contributed by atoms with Crippen molar-refractivity contribution in [3.05, 3.63) is 33.8 Å². The molecule has 1 heterocycles. The highest BCUT2D eigenvalue weighted by molar-refractivity contribution is 9.10. The van der Waals surface area contributed by atoms with Gasteiger partial charge in [0.2, 0.25) is 0 Å². The van der Waals surface area contributed by atoms with Crippen molar-refractivity contribution in [1.82, 2.24) is 0 Å². The van der Waals surface area contributed by atoms with Gasteiger partial charge in [-0.3, -0.25) is 0 Å². The number of aliphatic carboxylic acids is 1. The number of rotatable bonds is 1. The zero-order chi connectivity index (χ0) is 11.0. The minimum absolute atomic E-state index is 0.130. The Morgan fingerprint density at radius 3 is 2.93 bits per heavy atom. The molecule has 1 N–H and O–H groups in total. The zero-order valence-electron chi connectivity index (χ0n) is 8.08. The second-order valence-corrected chi connectivity index (χ2v) is 4.16. The van der Waals surface area contributed by atoms with Crippen molar-refractivity contribution < 1.29 is 14.6 Å². The molecule has 0 aliphatic carbocycles. The number of hydrogen-bond acceptors (Lipinski definition) is 2. The third-order valence-electron chi connectivity index (χ3n) is 2.43. The van der Waals surface area contributed by atoms with Crippen molar-refractivity contribution >= 4 is 27.5 Å². The van der Waals surface area contributed by atoms with Gasteiger partial charge >= 0.3 is 5.97 Å². The molecule has 0 radical (unpaired) electrons. The molecule has 1 aromatic rings. The highest BCUT2D eigenvalue weighted by atomic mass is 79.9. The Labute approximate surface area is 95.5 Å². The summed E-state index contributed by atoms with van der Waals surface area (Å²) in [5.41, 5.74) is 1.91. The predicted octanol–water partition coefficient (Wildman–Crippen LogP) is 2.70. The number of benzene rings is 1. The molecular weight excluding hydrogens is 260 g/mol. The number of fused-ring (bicyclic) bond motifs is 1. The summed E-state index contributed by atoms with van der Waals surface area (Å²) in [6, 6.07) is 5.57. The largest absolute Gasteiger partial charge is 0.488 e. The van der Waals surface area contributed by atoms with Crippen LogP contribution in [0, 0.1) is 0 Å². The molecule has 0 fully saturated rings. The van der Waals surface area contributed by atoms with Gasteiger partial charge in [0.1, 0.15) is 12.4 Å². The molecule has 3 nitrogen and oxygen atoms in total. The van der Waals surface area contributed by atoms with Crippen molar-refractivity contribution in [2.24, 2.45) is 0 Å². The molecule has 0 bridgehead atoms. The van der Waals surface area contributed by atoms with Gasteiger partial charge in [0.25, 0.3) is 0 Å². The Hall–Kier alpha value is -1.29. The molecule has 15 heavy (non-hydrogen) atoms. The van der Waals surface area contributed by atoms with Crippen molar-refractivity contribution in [3.8, 4) is 5.75 Å². The standard InChI is InChI=1S/C11H9BrO3/c1-6-7(11(13)14)5-15-9-4-2-3-8(12)10(6)9/h2-4H,5H2,1H3,(H,13,14). The first kappa shape index (κ1) is 10.2. The first-order chi connectivity index (χ1) is 7.11. The molecule has 2 rings (SSSR count). The number of ether oxygens (including phenoxy) is 1. The average molecular weight is 269 g/mol. The van der Waals surface area contributed by atoms with Crippen LogP contribution in [-0.4, -0.2) is 17.7 Å². The molecule has 4 heteroatoms. The fraction of sp³-hybridized carbons (Fsp3) is 0.182. The van der Waals surface area contributed by atoms with E-state index in [2.05, 4.69) is 15.9 Å². The predicted molar refractivity (Wildman–Crippen MR) is 59.9 cm³/mol. The number of hydrogen-bond donors (Lipinski definition) is 1. The van der Waals surface area contributed by atoms with E-state index in [1.165, 1.54) is 0 Å². The van der Waals surface area contributed by atoms with Crippen LogP contribution in [0.4, 0.5) is 0 Å². The van der Waals surface area contributed by atoms with Crippen LogP contribution in [0.25, 0.3) is 5.57 Å². The summed E-state index contributed by atoms with van der Waals surface area (Å²) in [5, 5.41) is 8.97. The molecule has 0 atom stereocenters. The van der Waals surface area contributed by atoms with E-state index in [1.807, 2.05) is 18.2 Å². The van der Waals surface area contributed by atoms with Gasteiger partial charge < -0.3 is 9.84 Å². The van der Waals surface area contributed by atoms with Crippen molar-refractivity contribution in [2.45, 2.75) is 6.92 Å². The maximum Gasteiger partial charge on any atom is 0.335 e. The SMILES string of the molecule is CC1=C(C(=O)O)COc2cccc(Br)c21. The van der Waals surface area contributed by atoms with E-state index in [9.17, 15) is 4.79 Å². The van der Waals surface area contributed by atoms with Crippen LogP contribution in [0.1, 0.15) is 12.5 Å². The van der Waals surface area contributed by atoms with Gasteiger partial charge in [-0.05, 0) is 24.6 Å². The van der Waals surface area contributed by atoms with Crippen LogP contribution in [0.3, 0.4) is 0 Å². The lowest BCUT2D eigenvalue weighted by molar-refractivity contribution is -0.133. The number of carbonyl (C=O) groups is 1. The Bertz CT molecular complexity index is 463. The summed E-state index contributed by atoms with van der Waals surface area (Å²) < 4.78 is 6.24. The van der Waals surface area contributed by atoms with Crippen LogP contribution < -0.4 is 4.74 Å². The number of carboxylic acids is 1. The van der Waals surface area contributed by atoms with Gasteiger partial charge in [0.05, 0.1) is 5.57 Å². The smallest absolute Gasteiger partial charge is 0.335 e. The maximum atomic E-state index is 10.9. The van der Waals surface area contributed by atoms with Gasteiger partial charge in [0, 0.05) is 10.0 Å². The van der Waals surface area contributed by atoms with Crippen LogP contribution in [0.15, 0.2) is 28.2 Å². The van der Waals surface area contributed by atoms with Crippen molar-refractivity contribution in [2.75, 3.05) is 6.61 Å². The highest BCUT2D eigenvalue weighted by Crippen LogP contribution is 2.37. The van der Waals surface area contributed by atoms with E-state index in [1.54, 1.807) is 6.92 Å². The molecule has 0 saturated carbocycles. The van der Waals surface area contributed by atoms with E-state index < -0.39 is 5.97 Å². The van der Waals surface area contributed by atoms with Crippen LogP contribution in [0.2, 0.25) is 0 Å².